The molecule has 1 saturated heterocycles. The first-order chi connectivity index (χ1) is 12.7. The van der Waals surface area contributed by atoms with Crippen molar-refractivity contribution in [1.82, 2.24) is 15.0 Å². The van der Waals surface area contributed by atoms with Crippen LogP contribution in [0.2, 0.25) is 0 Å². The van der Waals surface area contributed by atoms with Gasteiger partial charge in [0.25, 0.3) is 5.56 Å². The first-order valence-corrected chi connectivity index (χ1v) is 8.08. The van der Waals surface area contributed by atoms with Gasteiger partial charge in [0.1, 0.15) is 29.7 Å². The first-order valence-electron chi connectivity index (χ1n) is 7.67. The Morgan fingerprint density at radius 1 is 1.48 bits per heavy atom. The van der Waals surface area contributed by atoms with Gasteiger partial charge in [-0.25, -0.2) is 4.79 Å². The average molecular weight is 402 g/mol. The van der Waals surface area contributed by atoms with Crippen molar-refractivity contribution >= 4 is 34.7 Å². The van der Waals surface area contributed by atoms with Crippen LogP contribution in [0.5, 0.6) is 0 Å². The highest BCUT2D eigenvalue weighted by atomic mass is 32.1. The van der Waals surface area contributed by atoms with Crippen LogP contribution in [0.3, 0.4) is 0 Å². The molecule has 2 heterocycles. The van der Waals surface area contributed by atoms with E-state index in [9.17, 15) is 19.8 Å². The third-order valence-corrected chi connectivity index (χ3v) is 3.72. The smallest absolute Gasteiger partial charge is 0.358 e. The second-order valence-electron chi connectivity index (χ2n) is 5.38. The van der Waals surface area contributed by atoms with Crippen molar-refractivity contribution in [3.63, 3.8) is 0 Å². The summed E-state index contributed by atoms with van der Waals surface area (Å²) < 4.78 is 10.5. The summed E-state index contributed by atoms with van der Waals surface area (Å²) >= 11 is 4.69. The van der Waals surface area contributed by atoms with E-state index in [2.05, 4.69) is 27.8 Å². The van der Waals surface area contributed by atoms with Crippen LogP contribution >= 0.6 is 12.2 Å². The Labute approximate surface area is 157 Å². The molecule has 0 aliphatic carbocycles. The largest absolute Gasteiger partial charge is 0.461 e. The zero-order valence-corrected chi connectivity index (χ0v) is 14.8. The van der Waals surface area contributed by atoms with E-state index in [1.807, 2.05) is 0 Å². The van der Waals surface area contributed by atoms with Crippen LogP contribution in [0.4, 0.5) is 5.69 Å². The number of carbonyl (C=O) groups excluding carboxylic acids is 1. The minimum atomic E-state index is -1.60. The quantitative estimate of drug-likeness (QED) is 0.158. The minimum absolute atomic E-state index is 0.00763. The van der Waals surface area contributed by atoms with Crippen LogP contribution in [-0.2, 0) is 14.3 Å². The summed E-state index contributed by atoms with van der Waals surface area (Å²) in [5, 5.41) is 46.0. The molecule has 1 fully saturated rings. The number of rotatable bonds is 6. The number of aliphatic hydroxyl groups is 3. The van der Waals surface area contributed by atoms with E-state index in [0.29, 0.717) is 4.68 Å². The van der Waals surface area contributed by atoms with Gasteiger partial charge >= 0.3 is 5.97 Å². The Morgan fingerprint density at radius 2 is 2.15 bits per heavy atom. The maximum absolute atomic E-state index is 12.7. The number of ether oxygens (including phenoxy) is 2. The minimum Gasteiger partial charge on any atom is -0.461 e. The summed E-state index contributed by atoms with van der Waals surface area (Å²) in [7, 11) is 0. The Kier molecular flexibility index (Phi) is 6.50. The van der Waals surface area contributed by atoms with Crippen LogP contribution < -0.4 is 16.6 Å². The molecule has 2 rings (SSSR count). The number of nitrogens with zero attached hydrogens (tertiary/aromatic N) is 3. The summed E-state index contributed by atoms with van der Waals surface area (Å²) in [5.74, 6) is -1.05. The summed E-state index contributed by atoms with van der Waals surface area (Å²) in [6.07, 6.45) is -5.70. The van der Waals surface area contributed by atoms with Crippen molar-refractivity contribution in [3.05, 3.63) is 16.0 Å². The molecule has 14 heteroatoms. The Hall–Kier alpha value is -2.52. The fourth-order valence-corrected chi connectivity index (χ4v) is 2.46. The molecular formula is C13H18N6O7S. The molecule has 1 aromatic rings. The summed E-state index contributed by atoms with van der Waals surface area (Å²) in [4.78, 5) is 24.5. The molecule has 7 N–H and O–H groups in total. The van der Waals surface area contributed by atoms with Crippen LogP contribution in [0.1, 0.15) is 18.8 Å². The Bertz CT molecular complexity index is 815. The molecular weight excluding hydrogens is 384 g/mol. The lowest BCUT2D eigenvalue weighted by Crippen LogP contribution is -2.40. The number of aromatic nitrogens is 3. The van der Waals surface area contributed by atoms with Crippen molar-refractivity contribution in [2.45, 2.75) is 31.5 Å². The maximum atomic E-state index is 12.7. The van der Waals surface area contributed by atoms with Crippen LogP contribution in [0, 0.1) is 5.41 Å². The molecule has 4 unspecified atom stereocenters. The van der Waals surface area contributed by atoms with Crippen LogP contribution in [-0.4, -0.2) is 78.6 Å². The number of aliphatic hydroxyl groups excluding tert-OH is 3. The molecule has 4 atom stereocenters. The number of thiocarbonyl (C=S) groups is 1. The fraction of sp³-hybridized carbons (Fsp3) is 0.538. The lowest BCUT2D eigenvalue weighted by atomic mass is 10.1. The van der Waals surface area contributed by atoms with E-state index in [0.717, 1.165) is 0 Å². The average Bonchev–Trinajstić information content (AvgIpc) is 2.90. The van der Waals surface area contributed by atoms with Crippen LogP contribution in [0.25, 0.3) is 0 Å². The normalized spacial score (nSPS) is 24.4. The topological polar surface area (TPSA) is 206 Å². The number of nitrogens with two attached hydrogens (primary N) is 1. The molecule has 0 amide bonds. The van der Waals surface area contributed by atoms with Crippen LogP contribution in [0.15, 0.2) is 4.79 Å². The van der Waals surface area contributed by atoms with Crippen molar-refractivity contribution in [2.75, 3.05) is 18.5 Å². The summed E-state index contributed by atoms with van der Waals surface area (Å²) in [5.41, 5.74) is 2.68. The molecule has 27 heavy (non-hydrogen) atoms. The van der Waals surface area contributed by atoms with Gasteiger partial charge in [0.2, 0.25) is 0 Å². The van der Waals surface area contributed by atoms with Gasteiger partial charge in [-0.3, -0.25) is 10.2 Å². The Balaban J connectivity index is 2.51. The van der Waals surface area contributed by atoms with Gasteiger partial charge in [-0.05, 0) is 19.1 Å². The van der Waals surface area contributed by atoms with Gasteiger partial charge in [0.15, 0.2) is 17.1 Å². The zero-order chi connectivity index (χ0) is 20.3. The second-order valence-corrected chi connectivity index (χ2v) is 5.82. The number of esters is 1. The van der Waals surface area contributed by atoms with Crippen molar-refractivity contribution < 1.29 is 29.6 Å². The fourth-order valence-electron chi connectivity index (χ4n) is 2.36. The molecule has 1 aliphatic heterocycles. The van der Waals surface area contributed by atoms with Crippen molar-refractivity contribution in [3.8, 4) is 0 Å². The monoisotopic (exact) mass is 402 g/mol. The number of carbonyl (C=O) groups is 1. The molecule has 13 nitrogen and oxygen atoms in total. The second kappa shape index (κ2) is 8.45. The molecule has 0 bridgehead atoms. The van der Waals surface area contributed by atoms with Gasteiger partial charge < -0.3 is 35.8 Å². The van der Waals surface area contributed by atoms with Gasteiger partial charge in [-0.15, -0.1) is 5.10 Å². The van der Waals surface area contributed by atoms with E-state index in [1.54, 1.807) is 0 Å². The predicted molar refractivity (Wildman–Crippen MR) is 93.2 cm³/mol. The number of nitrogens with one attached hydrogen (secondary N) is 2. The zero-order valence-electron chi connectivity index (χ0n) is 14.0. The molecule has 1 aliphatic rings. The van der Waals surface area contributed by atoms with E-state index in [4.69, 9.17) is 25.7 Å². The van der Waals surface area contributed by atoms with Crippen molar-refractivity contribution in [2.24, 2.45) is 5.73 Å². The Morgan fingerprint density at radius 3 is 2.67 bits per heavy atom. The molecule has 0 saturated carbocycles. The summed E-state index contributed by atoms with van der Waals surface area (Å²) in [6.45, 7) is 0.914. The van der Waals surface area contributed by atoms with Gasteiger partial charge in [0.05, 0.1) is 13.2 Å². The predicted octanol–water partition coefficient (Wildman–Crippen LogP) is -3.16. The lowest BCUT2D eigenvalue weighted by Gasteiger charge is -2.17. The third kappa shape index (κ3) is 4.09. The molecule has 148 valence electrons. The molecule has 0 spiro atoms. The van der Waals surface area contributed by atoms with E-state index in [-0.39, 0.29) is 11.7 Å². The van der Waals surface area contributed by atoms with E-state index >= 15 is 0 Å². The number of hydrogen-bond acceptors (Lipinski definition) is 11. The van der Waals surface area contributed by atoms with Gasteiger partial charge in [-0.1, -0.05) is 5.21 Å². The van der Waals surface area contributed by atoms with E-state index in [1.165, 1.54) is 6.92 Å². The highest BCUT2D eigenvalue weighted by Gasteiger charge is 2.45. The molecule has 1 aromatic heterocycles. The number of anilines is 1. The summed E-state index contributed by atoms with van der Waals surface area (Å²) in [6, 6.07) is 0. The highest BCUT2D eigenvalue weighted by Crippen LogP contribution is 2.27. The van der Waals surface area contributed by atoms with Gasteiger partial charge in [0, 0.05) is 0 Å². The SMILES string of the molecule is CCOC(=O)C(=N)c1nnn(C2OC(CO)C(O)C2O)c(=O)c1NC(N)=S. The highest BCUT2D eigenvalue weighted by molar-refractivity contribution is 7.80. The first kappa shape index (κ1) is 20.8. The van der Waals surface area contributed by atoms with Gasteiger partial charge in [-0.2, -0.15) is 4.68 Å². The number of hydrogen-bond donors (Lipinski definition) is 6. The standard InChI is InChI=1S/C13H18N6O7S/c1-2-25-12(24)5(14)6-7(16-13(15)27)10(23)19(18-17-6)11-9(22)8(21)4(3-20)26-11/h4,8-9,11,14,20-22H,2-3H2,1H3,(H3,15,16,27). The molecule has 0 aromatic carbocycles. The lowest BCUT2D eigenvalue weighted by molar-refractivity contribution is -0.135. The van der Waals surface area contributed by atoms with E-state index < -0.39 is 59.8 Å². The third-order valence-electron chi connectivity index (χ3n) is 3.62. The maximum Gasteiger partial charge on any atom is 0.358 e. The van der Waals surface area contributed by atoms with Crippen molar-refractivity contribution in [1.29, 1.82) is 5.41 Å². The molecule has 0 radical (unpaired) electrons.